The quantitative estimate of drug-likeness (QED) is 0.654. The lowest BCUT2D eigenvalue weighted by molar-refractivity contribution is 0.229. The molecule has 0 radical (unpaired) electrons. The Labute approximate surface area is 180 Å². The topological polar surface area (TPSA) is 57.7 Å². The summed E-state index contributed by atoms with van der Waals surface area (Å²) in [5, 5.41) is 1.11. The molecule has 1 fully saturated rings. The fourth-order valence-corrected chi connectivity index (χ4v) is 5.44. The van der Waals surface area contributed by atoms with E-state index in [1.807, 2.05) is 30.5 Å². The number of nitrogens with zero attached hydrogens (tertiary/aromatic N) is 4. The third kappa shape index (κ3) is 3.52. The lowest BCUT2D eigenvalue weighted by Gasteiger charge is -2.37. The van der Waals surface area contributed by atoms with Crippen LogP contribution in [0.25, 0.3) is 22.0 Å². The molecule has 0 aliphatic carbocycles. The van der Waals surface area contributed by atoms with Gasteiger partial charge in [-0.25, -0.2) is 4.72 Å². The molecule has 0 spiro atoms. The predicted molar refractivity (Wildman–Crippen MR) is 124 cm³/mol. The zero-order valence-corrected chi connectivity index (χ0v) is 18.3. The normalized spacial score (nSPS) is 18.9. The number of piperazine rings is 1. The van der Waals surface area contributed by atoms with Gasteiger partial charge in [-0.3, -0.25) is 9.88 Å². The Balaban J connectivity index is 1.53. The van der Waals surface area contributed by atoms with Crippen LogP contribution in [0, 0.1) is 0 Å². The first-order chi connectivity index (χ1) is 14.6. The van der Waals surface area contributed by atoms with Crippen molar-refractivity contribution in [1.82, 2.24) is 14.8 Å². The van der Waals surface area contributed by atoms with Crippen molar-refractivity contribution in [2.45, 2.75) is 4.90 Å². The van der Waals surface area contributed by atoms with E-state index in [1.165, 1.54) is 5.69 Å². The molecule has 1 aromatic heterocycles. The second kappa shape index (κ2) is 8.07. The molecule has 0 bridgehead atoms. The zero-order chi connectivity index (χ0) is 20.7. The number of aromatic nitrogens is 1. The minimum Gasteiger partial charge on any atom is -0.588 e. The maximum Gasteiger partial charge on any atom is 0.187 e. The lowest BCUT2D eigenvalue weighted by atomic mass is 9.98. The Morgan fingerprint density at radius 3 is 2.67 bits per heavy atom. The van der Waals surface area contributed by atoms with Crippen LogP contribution in [0.5, 0.6) is 0 Å². The molecule has 2 aliphatic heterocycles. The van der Waals surface area contributed by atoms with E-state index in [-0.39, 0.29) is 0 Å². The molecule has 7 heteroatoms. The number of rotatable bonds is 4. The summed E-state index contributed by atoms with van der Waals surface area (Å²) in [4.78, 5) is 12.8. The lowest BCUT2D eigenvalue weighted by Crippen LogP contribution is -2.48. The maximum absolute atomic E-state index is 12.8. The third-order valence-electron chi connectivity index (χ3n) is 6.02. The minimum atomic E-state index is -1.27. The summed E-state index contributed by atoms with van der Waals surface area (Å²) in [6.07, 6.45) is 1.82. The second-order valence-corrected chi connectivity index (χ2v) is 9.40. The molecule has 1 atom stereocenters. The van der Waals surface area contributed by atoms with Gasteiger partial charge < -0.3 is 14.4 Å². The number of hydrogen-bond acceptors (Lipinski definition) is 6. The van der Waals surface area contributed by atoms with E-state index in [0.717, 1.165) is 71.9 Å². The van der Waals surface area contributed by atoms with Crippen LogP contribution in [0.1, 0.15) is 0 Å². The van der Waals surface area contributed by atoms with Crippen LogP contribution in [-0.4, -0.2) is 72.7 Å². The summed E-state index contributed by atoms with van der Waals surface area (Å²) >= 11 is -1.27. The Morgan fingerprint density at radius 2 is 1.87 bits per heavy atom. The molecule has 1 N–H and O–H groups in total. The van der Waals surface area contributed by atoms with Crippen molar-refractivity contribution in [3.63, 3.8) is 0 Å². The highest BCUT2D eigenvalue weighted by molar-refractivity contribution is 7.93. The van der Waals surface area contributed by atoms with Crippen molar-refractivity contribution in [3.05, 3.63) is 48.7 Å². The van der Waals surface area contributed by atoms with Crippen LogP contribution in [0.3, 0.4) is 0 Å². The SMILES string of the molecule is CN(C)CCN1CCN(c2cc3c(c4ncccc24)N[S+]([O-])c2ccccc2-3)CC1. The number of hydrogen-bond donors (Lipinski definition) is 1. The van der Waals surface area contributed by atoms with E-state index in [2.05, 4.69) is 56.7 Å². The molecule has 5 rings (SSSR count). The molecule has 2 aromatic carbocycles. The number of benzene rings is 2. The standard InChI is InChI=1S/C23H27N5OS/c1-26(2)10-11-27-12-14-28(15-13-27)20-16-19-17-6-3-4-8-21(17)30(29)25-23(19)22-18(20)7-5-9-24-22/h3-9,16,25H,10-15H2,1-2H3. The van der Waals surface area contributed by atoms with Gasteiger partial charge in [0, 0.05) is 67.7 Å². The van der Waals surface area contributed by atoms with Crippen molar-refractivity contribution in [1.29, 1.82) is 0 Å². The van der Waals surface area contributed by atoms with E-state index in [4.69, 9.17) is 0 Å². The predicted octanol–water partition coefficient (Wildman–Crippen LogP) is 3.03. The van der Waals surface area contributed by atoms with E-state index in [1.54, 1.807) is 0 Å². The van der Waals surface area contributed by atoms with Gasteiger partial charge in [-0.05, 0) is 44.4 Å². The molecule has 6 nitrogen and oxygen atoms in total. The summed E-state index contributed by atoms with van der Waals surface area (Å²) in [6, 6.07) is 14.3. The van der Waals surface area contributed by atoms with E-state index >= 15 is 0 Å². The van der Waals surface area contributed by atoms with Crippen LogP contribution >= 0.6 is 0 Å². The van der Waals surface area contributed by atoms with E-state index in [9.17, 15) is 4.55 Å². The molecular weight excluding hydrogens is 394 g/mol. The van der Waals surface area contributed by atoms with Crippen molar-refractivity contribution >= 4 is 33.6 Å². The summed E-state index contributed by atoms with van der Waals surface area (Å²) in [5.74, 6) is 0. The van der Waals surface area contributed by atoms with Crippen LogP contribution in [0.2, 0.25) is 0 Å². The average Bonchev–Trinajstić information content (AvgIpc) is 2.78. The summed E-state index contributed by atoms with van der Waals surface area (Å²) < 4.78 is 16.0. The fraction of sp³-hybridized carbons (Fsp3) is 0.348. The monoisotopic (exact) mass is 421 g/mol. The highest BCUT2D eigenvalue weighted by Crippen LogP contribution is 2.45. The summed E-state index contributed by atoms with van der Waals surface area (Å²) in [6.45, 7) is 6.31. The fourth-order valence-electron chi connectivity index (χ4n) is 4.36. The van der Waals surface area contributed by atoms with Gasteiger partial charge >= 0.3 is 0 Å². The number of likely N-dealkylation sites (N-methyl/N-ethyl adjacent to an activating group) is 1. The van der Waals surface area contributed by atoms with Gasteiger partial charge in [0.1, 0.15) is 22.6 Å². The minimum absolute atomic E-state index is 0.833. The first-order valence-corrected chi connectivity index (χ1v) is 11.6. The van der Waals surface area contributed by atoms with Crippen molar-refractivity contribution in [3.8, 4) is 11.1 Å². The van der Waals surface area contributed by atoms with E-state index < -0.39 is 11.4 Å². The zero-order valence-electron chi connectivity index (χ0n) is 17.5. The first-order valence-electron chi connectivity index (χ1n) is 10.4. The van der Waals surface area contributed by atoms with Crippen molar-refractivity contribution in [2.75, 3.05) is 63.0 Å². The largest absolute Gasteiger partial charge is 0.588 e. The Kier molecular flexibility index (Phi) is 5.28. The highest BCUT2D eigenvalue weighted by atomic mass is 32.2. The average molecular weight is 422 g/mol. The molecule has 30 heavy (non-hydrogen) atoms. The molecule has 3 heterocycles. The third-order valence-corrected chi connectivity index (χ3v) is 7.16. The van der Waals surface area contributed by atoms with Gasteiger partial charge in [0.2, 0.25) is 0 Å². The van der Waals surface area contributed by atoms with Crippen molar-refractivity contribution in [2.24, 2.45) is 0 Å². The van der Waals surface area contributed by atoms with Gasteiger partial charge in [0.15, 0.2) is 4.90 Å². The molecule has 156 valence electrons. The second-order valence-electron chi connectivity index (χ2n) is 8.22. The molecule has 0 saturated carbocycles. The maximum atomic E-state index is 12.8. The Morgan fingerprint density at radius 1 is 1.07 bits per heavy atom. The van der Waals surface area contributed by atoms with Crippen LogP contribution in [-0.2, 0) is 11.4 Å². The highest BCUT2D eigenvalue weighted by Gasteiger charge is 2.30. The number of fused-ring (bicyclic) bond motifs is 5. The number of pyridine rings is 1. The summed E-state index contributed by atoms with van der Waals surface area (Å²) in [5.41, 5.74) is 5.09. The van der Waals surface area contributed by atoms with Gasteiger partial charge in [0.25, 0.3) is 0 Å². The Bertz CT molecular complexity index is 1060. The van der Waals surface area contributed by atoms with E-state index in [0.29, 0.717) is 0 Å². The smallest absolute Gasteiger partial charge is 0.187 e. The molecule has 3 aromatic rings. The Hall–Kier alpha value is -2.32. The summed E-state index contributed by atoms with van der Waals surface area (Å²) in [7, 11) is 4.25. The molecular formula is C23H27N5OS. The molecule has 2 aliphatic rings. The number of anilines is 2. The van der Waals surface area contributed by atoms with Crippen LogP contribution in [0.4, 0.5) is 11.4 Å². The molecule has 1 unspecified atom stereocenters. The van der Waals surface area contributed by atoms with Crippen molar-refractivity contribution < 1.29 is 4.55 Å². The van der Waals surface area contributed by atoms with Gasteiger partial charge in [0.05, 0.1) is 0 Å². The van der Waals surface area contributed by atoms with Gasteiger partial charge in [-0.2, -0.15) is 0 Å². The molecule has 1 saturated heterocycles. The van der Waals surface area contributed by atoms with Crippen LogP contribution in [0.15, 0.2) is 53.6 Å². The molecule has 0 amide bonds. The van der Waals surface area contributed by atoms with Gasteiger partial charge in [-0.15, -0.1) is 0 Å². The van der Waals surface area contributed by atoms with Crippen LogP contribution < -0.4 is 9.62 Å². The number of nitrogens with one attached hydrogen (secondary N) is 1. The first kappa shape index (κ1) is 19.6. The van der Waals surface area contributed by atoms with Gasteiger partial charge in [-0.1, -0.05) is 12.1 Å².